The second-order valence-corrected chi connectivity index (χ2v) is 7.34. The fraction of sp³-hybridized carbons (Fsp3) is 0.667. The first-order chi connectivity index (χ1) is 14.3. The van der Waals surface area contributed by atoms with E-state index in [0.29, 0.717) is 48.8 Å². The molecule has 0 bridgehead atoms. The van der Waals surface area contributed by atoms with E-state index in [1.165, 1.54) is 12.0 Å². The lowest BCUT2D eigenvalue weighted by Crippen LogP contribution is -2.45. The van der Waals surface area contributed by atoms with Gasteiger partial charge in [-0.2, -0.15) is 0 Å². The van der Waals surface area contributed by atoms with Gasteiger partial charge in [-0.25, -0.2) is 4.79 Å². The maximum Gasteiger partial charge on any atom is 0.355 e. The Morgan fingerprint density at radius 1 is 1.17 bits per heavy atom. The topological polar surface area (TPSA) is 90.3 Å². The number of esters is 1. The lowest BCUT2D eigenvalue weighted by molar-refractivity contribution is -0.135. The maximum atomic E-state index is 13.2. The van der Waals surface area contributed by atoms with Gasteiger partial charge in [-0.3, -0.25) is 14.5 Å². The van der Waals surface area contributed by atoms with Crippen molar-refractivity contribution in [2.24, 2.45) is 7.05 Å². The van der Waals surface area contributed by atoms with Gasteiger partial charge in [0.1, 0.15) is 12.3 Å². The number of hydrogen-bond donors (Lipinski definition) is 0. The fourth-order valence-electron chi connectivity index (χ4n) is 3.72. The van der Waals surface area contributed by atoms with Crippen molar-refractivity contribution in [1.82, 2.24) is 14.4 Å². The van der Waals surface area contributed by atoms with Gasteiger partial charge in [0.15, 0.2) is 5.78 Å². The average Bonchev–Trinajstić information content (AvgIpc) is 2.94. The van der Waals surface area contributed by atoms with E-state index in [0.717, 1.165) is 13.1 Å². The van der Waals surface area contributed by atoms with E-state index in [1.807, 2.05) is 0 Å². The standard InChI is InChI=1S/C21H33N3O6/c1-6-30-21(27)20-15(2)19(16(3)22(20)4)17(25)13-24(18(26)14-28-5)8-7-23-9-11-29-12-10-23/h6-14H2,1-5H3. The summed E-state index contributed by atoms with van der Waals surface area (Å²) in [7, 11) is 3.19. The van der Waals surface area contributed by atoms with Crippen LogP contribution in [0.2, 0.25) is 0 Å². The number of Topliss-reactive ketones (excluding diaryl/α,β-unsaturated/α-hetero) is 1. The van der Waals surface area contributed by atoms with Crippen molar-refractivity contribution >= 4 is 17.7 Å². The first kappa shape index (κ1) is 24.0. The quantitative estimate of drug-likeness (QED) is 0.406. The Hall–Kier alpha value is -2.23. The highest BCUT2D eigenvalue weighted by atomic mass is 16.5. The molecule has 0 radical (unpaired) electrons. The lowest BCUT2D eigenvalue weighted by Gasteiger charge is -2.29. The summed E-state index contributed by atoms with van der Waals surface area (Å²) in [4.78, 5) is 41.8. The van der Waals surface area contributed by atoms with E-state index in [4.69, 9.17) is 14.2 Å². The van der Waals surface area contributed by atoms with Crippen molar-refractivity contribution in [1.29, 1.82) is 0 Å². The SMILES string of the molecule is CCOC(=O)c1c(C)c(C(=O)CN(CCN2CCOCC2)C(=O)COC)c(C)n1C. The zero-order chi connectivity index (χ0) is 22.3. The van der Waals surface area contributed by atoms with Gasteiger partial charge >= 0.3 is 5.97 Å². The summed E-state index contributed by atoms with van der Waals surface area (Å²) in [6.07, 6.45) is 0. The number of ketones is 1. The number of carbonyl (C=O) groups is 3. The highest BCUT2D eigenvalue weighted by molar-refractivity contribution is 6.04. The van der Waals surface area contributed by atoms with Crippen LogP contribution < -0.4 is 0 Å². The van der Waals surface area contributed by atoms with Gasteiger partial charge in [-0.1, -0.05) is 0 Å². The molecule has 0 atom stereocenters. The van der Waals surface area contributed by atoms with Gasteiger partial charge in [0.05, 0.1) is 26.4 Å². The Labute approximate surface area is 177 Å². The molecule has 1 aliphatic heterocycles. The number of ether oxygens (including phenoxy) is 3. The van der Waals surface area contributed by atoms with Crippen molar-refractivity contribution in [2.75, 3.05) is 66.3 Å². The van der Waals surface area contributed by atoms with Crippen LogP contribution in [0.3, 0.4) is 0 Å². The molecule has 168 valence electrons. The van der Waals surface area contributed by atoms with Crippen molar-refractivity contribution in [3.63, 3.8) is 0 Å². The second kappa shape index (κ2) is 11.2. The molecular formula is C21H33N3O6. The first-order valence-electron chi connectivity index (χ1n) is 10.2. The van der Waals surface area contributed by atoms with Crippen molar-refractivity contribution in [3.8, 4) is 0 Å². The van der Waals surface area contributed by atoms with Crippen LogP contribution in [0, 0.1) is 13.8 Å². The number of aromatic nitrogens is 1. The minimum absolute atomic E-state index is 0.0690. The van der Waals surface area contributed by atoms with E-state index in [9.17, 15) is 14.4 Å². The van der Waals surface area contributed by atoms with Crippen LogP contribution in [0.1, 0.15) is 39.0 Å². The molecule has 1 fully saturated rings. The Bertz CT molecular complexity index is 767. The summed E-state index contributed by atoms with van der Waals surface area (Å²) in [6.45, 7) is 9.40. The van der Waals surface area contributed by atoms with Gasteiger partial charge in [-0.15, -0.1) is 0 Å². The number of hydrogen-bond acceptors (Lipinski definition) is 7. The third-order valence-electron chi connectivity index (χ3n) is 5.42. The molecule has 0 unspecified atom stereocenters. The van der Waals surface area contributed by atoms with Gasteiger partial charge in [0.25, 0.3) is 0 Å². The van der Waals surface area contributed by atoms with Gasteiger partial charge in [0, 0.05) is 51.6 Å². The summed E-state index contributed by atoms with van der Waals surface area (Å²) < 4.78 is 17.1. The summed E-state index contributed by atoms with van der Waals surface area (Å²) in [5.41, 5.74) is 2.07. The van der Waals surface area contributed by atoms with Crippen LogP contribution in [0.5, 0.6) is 0 Å². The summed E-state index contributed by atoms with van der Waals surface area (Å²) in [6, 6.07) is 0. The van der Waals surface area contributed by atoms with E-state index in [2.05, 4.69) is 4.90 Å². The molecule has 0 spiro atoms. The van der Waals surface area contributed by atoms with Crippen LogP contribution in [0.15, 0.2) is 0 Å². The molecule has 1 saturated heterocycles. The molecule has 0 aliphatic carbocycles. The molecule has 1 aliphatic rings. The van der Waals surface area contributed by atoms with Crippen LogP contribution in [-0.4, -0.2) is 98.3 Å². The Morgan fingerprint density at radius 3 is 2.43 bits per heavy atom. The molecular weight excluding hydrogens is 390 g/mol. The largest absolute Gasteiger partial charge is 0.461 e. The fourth-order valence-corrected chi connectivity index (χ4v) is 3.72. The molecule has 1 aromatic rings. The van der Waals surface area contributed by atoms with Crippen molar-refractivity contribution < 1.29 is 28.6 Å². The molecule has 2 heterocycles. The molecule has 0 aromatic carbocycles. The van der Waals surface area contributed by atoms with Crippen LogP contribution >= 0.6 is 0 Å². The van der Waals surface area contributed by atoms with Crippen LogP contribution in [-0.2, 0) is 26.1 Å². The molecule has 9 nitrogen and oxygen atoms in total. The second-order valence-electron chi connectivity index (χ2n) is 7.34. The molecule has 1 aromatic heterocycles. The zero-order valence-electron chi connectivity index (χ0n) is 18.7. The average molecular weight is 424 g/mol. The Balaban J connectivity index is 2.18. The van der Waals surface area contributed by atoms with Crippen LogP contribution in [0.4, 0.5) is 0 Å². The van der Waals surface area contributed by atoms with Gasteiger partial charge in [-0.05, 0) is 26.3 Å². The minimum Gasteiger partial charge on any atom is -0.461 e. The molecule has 30 heavy (non-hydrogen) atoms. The van der Waals surface area contributed by atoms with E-state index in [-0.39, 0.29) is 31.4 Å². The Kier molecular flexibility index (Phi) is 9.01. The summed E-state index contributed by atoms with van der Waals surface area (Å²) in [5, 5.41) is 0. The molecule has 0 N–H and O–H groups in total. The monoisotopic (exact) mass is 423 g/mol. The summed E-state index contributed by atoms with van der Waals surface area (Å²) >= 11 is 0. The number of rotatable bonds is 10. The summed E-state index contributed by atoms with van der Waals surface area (Å²) in [5.74, 6) is -0.905. The number of amides is 1. The molecule has 9 heteroatoms. The molecule has 0 saturated carbocycles. The highest BCUT2D eigenvalue weighted by Crippen LogP contribution is 2.23. The van der Waals surface area contributed by atoms with E-state index >= 15 is 0 Å². The number of methoxy groups -OCH3 is 1. The smallest absolute Gasteiger partial charge is 0.355 e. The minimum atomic E-state index is -0.459. The molecule has 1 amide bonds. The zero-order valence-corrected chi connectivity index (χ0v) is 18.7. The highest BCUT2D eigenvalue weighted by Gasteiger charge is 2.28. The van der Waals surface area contributed by atoms with Crippen molar-refractivity contribution in [3.05, 3.63) is 22.5 Å². The number of morpholine rings is 1. The predicted molar refractivity (Wildman–Crippen MR) is 111 cm³/mol. The normalized spacial score (nSPS) is 14.6. The predicted octanol–water partition coefficient (Wildman–Crippen LogP) is 0.809. The van der Waals surface area contributed by atoms with Crippen molar-refractivity contribution in [2.45, 2.75) is 20.8 Å². The van der Waals surface area contributed by atoms with E-state index in [1.54, 1.807) is 32.4 Å². The molecule has 2 rings (SSSR count). The van der Waals surface area contributed by atoms with E-state index < -0.39 is 5.97 Å². The van der Waals surface area contributed by atoms with Gasteiger partial charge in [0.2, 0.25) is 5.91 Å². The van der Waals surface area contributed by atoms with Gasteiger partial charge < -0.3 is 23.7 Å². The lowest BCUT2D eigenvalue weighted by atomic mass is 10.1. The number of carbonyl (C=O) groups excluding carboxylic acids is 3. The first-order valence-corrected chi connectivity index (χ1v) is 10.2. The number of nitrogens with zero attached hydrogens (tertiary/aromatic N) is 3. The third-order valence-corrected chi connectivity index (χ3v) is 5.42. The third kappa shape index (κ3) is 5.68. The maximum absolute atomic E-state index is 13.2. The van der Waals surface area contributed by atoms with Crippen LogP contribution in [0.25, 0.3) is 0 Å². The Morgan fingerprint density at radius 2 is 1.83 bits per heavy atom.